The first-order valence-corrected chi connectivity index (χ1v) is 15.3. The van der Waals surface area contributed by atoms with Gasteiger partial charge < -0.3 is 4.90 Å². The van der Waals surface area contributed by atoms with Gasteiger partial charge in [0.2, 0.25) is 10.0 Å². The fourth-order valence-electron chi connectivity index (χ4n) is 4.83. The van der Waals surface area contributed by atoms with E-state index in [9.17, 15) is 17.6 Å². The van der Waals surface area contributed by atoms with E-state index in [0.29, 0.717) is 40.5 Å². The minimum atomic E-state index is -3.63. The number of anilines is 1. The van der Waals surface area contributed by atoms with Crippen molar-refractivity contribution in [2.24, 2.45) is 0 Å². The van der Waals surface area contributed by atoms with E-state index in [-0.39, 0.29) is 35.1 Å². The van der Waals surface area contributed by atoms with Crippen LogP contribution in [0.4, 0.5) is 9.52 Å². The molecule has 11 heteroatoms. The van der Waals surface area contributed by atoms with Crippen molar-refractivity contribution in [1.29, 1.82) is 0 Å². The fourth-order valence-corrected chi connectivity index (χ4v) is 7.61. The first-order valence-electron chi connectivity index (χ1n) is 13.0. The summed E-state index contributed by atoms with van der Waals surface area (Å²) in [6, 6.07) is 10.6. The SMILES string of the molecule is CCC1CCCCN1S(=O)(=O)c1ccc(C(=O)N(CCN(CC)CC)c2nc3ccc(F)cc3s2)cc1.Cl. The molecule has 4 rings (SSSR count). The van der Waals surface area contributed by atoms with Gasteiger partial charge in [-0.15, -0.1) is 12.4 Å². The average Bonchev–Trinajstić information content (AvgIpc) is 3.33. The Morgan fingerprint density at radius 3 is 2.45 bits per heavy atom. The highest BCUT2D eigenvalue weighted by atomic mass is 35.5. The van der Waals surface area contributed by atoms with Crippen molar-refractivity contribution in [3.8, 4) is 0 Å². The van der Waals surface area contributed by atoms with Gasteiger partial charge in [-0.3, -0.25) is 9.69 Å². The number of hydrogen-bond donors (Lipinski definition) is 0. The summed E-state index contributed by atoms with van der Waals surface area (Å²) in [5.41, 5.74) is 1.02. The topological polar surface area (TPSA) is 73.8 Å². The van der Waals surface area contributed by atoms with Crippen LogP contribution >= 0.6 is 23.7 Å². The van der Waals surface area contributed by atoms with E-state index >= 15 is 0 Å². The van der Waals surface area contributed by atoms with Gasteiger partial charge in [-0.2, -0.15) is 4.31 Å². The highest BCUT2D eigenvalue weighted by molar-refractivity contribution is 7.89. The maximum Gasteiger partial charge on any atom is 0.260 e. The molecule has 0 N–H and O–H groups in total. The zero-order valence-corrected chi connectivity index (χ0v) is 24.5. The molecule has 1 aliphatic rings. The Balaban J connectivity index is 0.00000400. The Labute approximate surface area is 235 Å². The Bertz CT molecular complexity index is 1330. The second-order valence-corrected chi connectivity index (χ2v) is 12.2. The number of halogens is 2. The fraction of sp³-hybridized carbons (Fsp3) is 0.481. The number of hydrogen-bond acceptors (Lipinski definition) is 6. The van der Waals surface area contributed by atoms with Crippen molar-refractivity contribution in [2.75, 3.05) is 37.6 Å². The normalized spacial score (nSPS) is 16.5. The van der Waals surface area contributed by atoms with Gasteiger partial charge in [0.1, 0.15) is 5.82 Å². The molecule has 0 radical (unpaired) electrons. The molecule has 0 spiro atoms. The number of fused-ring (bicyclic) bond motifs is 1. The highest BCUT2D eigenvalue weighted by Gasteiger charge is 2.32. The van der Waals surface area contributed by atoms with Gasteiger partial charge in [0, 0.05) is 31.2 Å². The summed E-state index contributed by atoms with van der Waals surface area (Å²) in [5, 5.41) is 0.494. The first-order chi connectivity index (χ1) is 17.8. The van der Waals surface area contributed by atoms with Crippen molar-refractivity contribution >= 4 is 55.0 Å². The van der Waals surface area contributed by atoms with Crippen molar-refractivity contribution in [3.63, 3.8) is 0 Å². The molecular formula is C27H36ClFN4O3S2. The van der Waals surface area contributed by atoms with Crippen LogP contribution in [0, 0.1) is 5.82 Å². The van der Waals surface area contributed by atoms with E-state index in [0.717, 1.165) is 38.8 Å². The Morgan fingerprint density at radius 1 is 1.08 bits per heavy atom. The van der Waals surface area contributed by atoms with Crippen LogP contribution < -0.4 is 4.90 Å². The van der Waals surface area contributed by atoms with Crippen LogP contribution in [0.2, 0.25) is 0 Å². The van der Waals surface area contributed by atoms with Gasteiger partial charge in [-0.1, -0.05) is 38.5 Å². The van der Waals surface area contributed by atoms with E-state index in [1.807, 2.05) is 6.92 Å². The van der Waals surface area contributed by atoms with E-state index in [1.165, 1.54) is 35.6 Å². The highest BCUT2D eigenvalue weighted by Crippen LogP contribution is 2.31. The van der Waals surface area contributed by atoms with E-state index in [1.54, 1.807) is 27.4 Å². The summed E-state index contributed by atoms with van der Waals surface area (Å²) >= 11 is 1.27. The number of amides is 1. The molecule has 38 heavy (non-hydrogen) atoms. The third-order valence-corrected chi connectivity index (χ3v) is 10.1. The maximum absolute atomic E-state index is 13.8. The molecular weight excluding hydrogens is 547 g/mol. The van der Waals surface area contributed by atoms with Crippen LogP contribution in [0.5, 0.6) is 0 Å². The standard InChI is InChI=1S/C27H35FN4O3S2.ClH/c1-4-22-9-7-8-16-32(22)37(34,35)23-13-10-20(11-14-23)26(33)31(18-17-30(5-2)6-3)27-29-24-15-12-21(28)19-25(24)36-27;/h10-15,19,22H,4-9,16-18H2,1-3H3;1H. The zero-order valence-electron chi connectivity index (χ0n) is 22.1. The number of thiazole rings is 1. The molecule has 1 amide bonds. The lowest BCUT2D eigenvalue weighted by molar-refractivity contribution is 0.0983. The molecule has 1 unspecified atom stereocenters. The van der Waals surface area contributed by atoms with Crippen molar-refractivity contribution in [1.82, 2.24) is 14.2 Å². The third-order valence-electron chi connectivity index (χ3n) is 7.10. The lowest BCUT2D eigenvalue weighted by Crippen LogP contribution is -2.43. The number of nitrogens with zero attached hydrogens (tertiary/aromatic N) is 4. The van der Waals surface area contributed by atoms with E-state index in [2.05, 4.69) is 23.7 Å². The maximum atomic E-state index is 13.8. The summed E-state index contributed by atoms with van der Waals surface area (Å²) in [6.45, 7) is 9.46. The molecule has 3 aromatic rings. The predicted octanol–water partition coefficient (Wildman–Crippen LogP) is 5.80. The Morgan fingerprint density at radius 2 is 1.79 bits per heavy atom. The summed E-state index contributed by atoms with van der Waals surface area (Å²) in [4.78, 5) is 22.3. The largest absolute Gasteiger partial charge is 0.302 e. The zero-order chi connectivity index (χ0) is 26.6. The molecule has 208 valence electrons. The van der Waals surface area contributed by atoms with Gasteiger partial charge >= 0.3 is 0 Å². The molecule has 2 heterocycles. The molecule has 1 fully saturated rings. The molecule has 0 saturated carbocycles. The van der Waals surface area contributed by atoms with Crippen LogP contribution in [-0.4, -0.2) is 67.3 Å². The smallest absolute Gasteiger partial charge is 0.260 e. The van der Waals surface area contributed by atoms with Crippen LogP contribution in [0.3, 0.4) is 0 Å². The molecule has 1 saturated heterocycles. The van der Waals surface area contributed by atoms with Crippen molar-refractivity contribution < 1.29 is 17.6 Å². The summed E-state index contributed by atoms with van der Waals surface area (Å²) < 4.78 is 42.8. The number of carbonyl (C=O) groups is 1. The minimum absolute atomic E-state index is 0. The van der Waals surface area contributed by atoms with Gasteiger partial charge in [0.05, 0.1) is 15.1 Å². The Hall–Kier alpha value is -2.11. The number of aromatic nitrogens is 1. The Kier molecular flexibility index (Phi) is 10.7. The number of likely N-dealkylation sites (N-methyl/N-ethyl adjacent to an activating group) is 1. The van der Waals surface area contributed by atoms with Gasteiger partial charge in [-0.05, 0) is 74.8 Å². The van der Waals surface area contributed by atoms with Crippen molar-refractivity contribution in [3.05, 3.63) is 53.8 Å². The monoisotopic (exact) mass is 582 g/mol. The molecule has 1 aromatic heterocycles. The van der Waals surface area contributed by atoms with E-state index < -0.39 is 10.0 Å². The van der Waals surface area contributed by atoms with Crippen LogP contribution in [0.1, 0.15) is 56.8 Å². The summed E-state index contributed by atoms with van der Waals surface area (Å²) in [7, 11) is -3.63. The molecule has 7 nitrogen and oxygen atoms in total. The lowest BCUT2D eigenvalue weighted by atomic mass is 10.0. The molecule has 1 atom stereocenters. The van der Waals surface area contributed by atoms with Crippen molar-refractivity contribution in [2.45, 2.75) is 57.4 Å². The average molecular weight is 583 g/mol. The molecule has 0 bridgehead atoms. The number of piperidine rings is 1. The second-order valence-electron chi connectivity index (χ2n) is 9.29. The number of carbonyl (C=O) groups excluding carboxylic acids is 1. The number of rotatable bonds is 10. The lowest BCUT2D eigenvalue weighted by Gasteiger charge is -2.34. The van der Waals surface area contributed by atoms with Crippen LogP contribution in [0.15, 0.2) is 47.4 Å². The van der Waals surface area contributed by atoms with Crippen LogP contribution in [-0.2, 0) is 10.0 Å². The van der Waals surface area contributed by atoms with Gasteiger partial charge in [-0.25, -0.2) is 17.8 Å². The van der Waals surface area contributed by atoms with E-state index in [4.69, 9.17) is 0 Å². The number of benzene rings is 2. The predicted molar refractivity (Wildman–Crippen MR) is 155 cm³/mol. The summed E-state index contributed by atoms with van der Waals surface area (Å²) in [6.07, 6.45) is 3.56. The van der Waals surface area contributed by atoms with Gasteiger partial charge in [0.25, 0.3) is 5.91 Å². The first kappa shape index (κ1) is 30.4. The molecule has 1 aliphatic heterocycles. The quantitative estimate of drug-likeness (QED) is 0.302. The van der Waals surface area contributed by atoms with Gasteiger partial charge in [0.15, 0.2) is 5.13 Å². The summed E-state index contributed by atoms with van der Waals surface area (Å²) in [5.74, 6) is -0.612. The molecule has 2 aromatic carbocycles. The minimum Gasteiger partial charge on any atom is -0.302 e. The third kappa shape index (κ3) is 6.54. The second kappa shape index (κ2) is 13.3. The molecule has 0 aliphatic carbocycles. The number of sulfonamides is 1. The van der Waals surface area contributed by atoms with Crippen LogP contribution in [0.25, 0.3) is 10.2 Å².